The highest BCUT2D eigenvalue weighted by atomic mass is 16.5. The third-order valence-electron chi connectivity index (χ3n) is 1.90. The van der Waals surface area contributed by atoms with Gasteiger partial charge in [0.15, 0.2) is 0 Å². The summed E-state index contributed by atoms with van der Waals surface area (Å²) in [5.41, 5.74) is 1.15. The largest absolute Gasteiger partial charge is 0.385 e. The predicted molar refractivity (Wildman–Crippen MR) is 61.4 cm³/mol. The van der Waals surface area contributed by atoms with Crippen LogP contribution in [-0.2, 0) is 11.3 Å². The lowest BCUT2D eigenvalue weighted by molar-refractivity contribution is 0.148. The summed E-state index contributed by atoms with van der Waals surface area (Å²) in [6.45, 7) is 4.56. The van der Waals surface area contributed by atoms with Gasteiger partial charge in [-0.05, 0) is 5.56 Å². The summed E-state index contributed by atoms with van der Waals surface area (Å²) in [6.07, 6.45) is 4.33. The van der Waals surface area contributed by atoms with Crippen LogP contribution in [0.15, 0.2) is 55.1 Å². The summed E-state index contributed by atoms with van der Waals surface area (Å²) < 4.78 is 5.38. The molecule has 1 N–H and O–H groups in total. The lowest BCUT2D eigenvalue weighted by atomic mass is 10.2. The molecule has 15 heavy (non-hydrogen) atoms. The van der Waals surface area contributed by atoms with E-state index in [1.54, 1.807) is 12.2 Å². The molecule has 0 amide bonds. The molecule has 0 bridgehead atoms. The highest BCUT2D eigenvalue weighted by molar-refractivity contribution is 5.13. The van der Waals surface area contributed by atoms with Crippen LogP contribution in [0.5, 0.6) is 0 Å². The van der Waals surface area contributed by atoms with Gasteiger partial charge in [-0.1, -0.05) is 48.6 Å². The first-order valence-electron chi connectivity index (χ1n) is 4.92. The van der Waals surface area contributed by atoms with E-state index in [1.165, 1.54) is 6.08 Å². The second kappa shape index (κ2) is 6.98. The molecule has 0 fully saturated rings. The summed E-state index contributed by atoms with van der Waals surface area (Å²) >= 11 is 0. The Labute approximate surface area is 90.5 Å². The first-order valence-corrected chi connectivity index (χ1v) is 4.92. The Morgan fingerprint density at radius 2 is 2.07 bits per heavy atom. The van der Waals surface area contributed by atoms with Crippen LogP contribution in [0.2, 0.25) is 0 Å². The summed E-state index contributed by atoms with van der Waals surface area (Å²) in [5, 5.41) is 9.11. The van der Waals surface area contributed by atoms with Crippen LogP contribution in [-0.4, -0.2) is 17.8 Å². The third-order valence-corrected chi connectivity index (χ3v) is 1.90. The maximum Gasteiger partial charge on any atom is 0.0900 e. The second-order valence-electron chi connectivity index (χ2n) is 3.16. The Bertz CT molecular complexity index is 304. The van der Waals surface area contributed by atoms with Crippen LogP contribution >= 0.6 is 0 Å². The van der Waals surface area contributed by atoms with Crippen molar-refractivity contribution >= 4 is 0 Å². The molecule has 0 aliphatic heterocycles. The van der Waals surface area contributed by atoms with Crippen LogP contribution in [0, 0.1) is 0 Å². The van der Waals surface area contributed by atoms with Gasteiger partial charge in [0.2, 0.25) is 0 Å². The van der Waals surface area contributed by atoms with E-state index >= 15 is 0 Å². The first kappa shape index (κ1) is 11.7. The molecule has 0 saturated carbocycles. The van der Waals surface area contributed by atoms with Crippen molar-refractivity contribution in [1.29, 1.82) is 0 Å². The van der Waals surface area contributed by atoms with Gasteiger partial charge in [-0.2, -0.15) is 0 Å². The van der Waals surface area contributed by atoms with Crippen LogP contribution < -0.4 is 0 Å². The lowest BCUT2D eigenvalue weighted by Gasteiger charge is -2.01. The standard InChI is InChI=1S/C13H16O2/c1-2-13(14)9-6-10-15-11-12-7-4-3-5-8-12/h2-9,13-14H,1,10-11H2/t13-/m0/s1. The number of hydrogen-bond donors (Lipinski definition) is 1. The lowest BCUT2D eigenvalue weighted by Crippen LogP contribution is -1.97. The van der Waals surface area contributed by atoms with Gasteiger partial charge in [0.05, 0.1) is 19.3 Å². The monoisotopic (exact) mass is 204 g/mol. The summed E-state index contributed by atoms with van der Waals surface area (Å²) in [4.78, 5) is 0. The zero-order chi connectivity index (χ0) is 10.9. The fourth-order valence-electron chi connectivity index (χ4n) is 1.09. The van der Waals surface area contributed by atoms with E-state index in [0.29, 0.717) is 13.2 Å². The van der Waals surface area contributed by atoms with Crippen molar-refractivity contribution in [3.8, 4) is 0 Å². The van der Waals surface area contributed by atoms with Crippen molar-refractivity contribution in [2.24, 2.45) is 0 Å². The van der Waals surface area contributed by atoms with Crippen LogP contribution in [0.1, 0.15) is 5.56 Å². The second-order valence-corrected chi connectivity index (χ2v) is 3.16. The van der Waals surface area contributed by atoms with Crippen molar-refractivity contribution in [2.75, 3.05) is 6.61 Å². The number of benzene rings is 1. The molecule has 1 aromatic rings. The van der Waals surface area contributed by atoms with E-state index in [1.807, 2.05) is 30.3 Å². The quantitative estimate of drug-likeness (QED) is 0.569. The topological polar surface area (TPSA) is 29.5 Å². The molecule has 80 valence electrons. The van der Waals surface area contributed by atoms with Gasteiger partial charge < -0.3 is 9.84 Å². The van der Waals surface area contributed by atoms with Gasteiger partial charge in [0, 0.05) is 0 Å². The molecule has 1 aromatic carbocycles. The Hall–Kier alpha value is -1.38. The van der Waals surface area contributed by atoms with E-state index in [2.05, 4.69) is 6.58 Å². The fraction of sp³-hybridized carbons (Fsp3) is 0.231. The number of aliphatic hydroxyl groups excluding tert-OH is 1. The molecule has 0 aliphatic rings. The van der Waals surface area contributed by atoms with Gasteiger partial charge in [-0.3, -0.25) is 0 Å². The minimum absolute atomic E-state index is 0.500. The molecule has 0 unspecified atom stereocenters. The average molecular weight is 204 g/mol. The van der Waals surface area contributed by atoms with E-state index < -0.39 is 6.10 Å². The fourth-order valence-corrected chi connectivity index (χ4v) is 1.09. The molecule has 0 radical (unpaired) electrons. The summed E-state index contributed by atoms with van der Waals surface area (Å²) in [7, 11) is 0. The van der Waals surface area contributed by atoms with Gasteiger partial charge in [0.1, 0.15) is 0 Å². The van der Waals surface area contributed by atoms with Crippen LogP contribution in [0.3, 0.4) is 0 Å². The van der Waals surface area contributed by atoms with Gasteiger partial charge in [-0.25, -0.2) is 0 Å². The highest BCUT2D eigenvalue weighted by Gasteiger charge is 1.90. The Kier molecular flexibility index (Phi) is 5.44. The normalized spacial score (nSPS) is 12.9. The molecule has 1 atom stereocenters. The maximum absolute atomic E-state index is 9.11. The maximum atomic E-state index is 9.11. The Morgan fingerprint density at radius 1 is 1.33 bits per heavy atom. The summed E-state index contributed by atoms with van der Waals surface area (Å²) in [6, 6.07) is 9.97. The molecular weight excluding hydrogens is 188 g/mol. The number of ether oxygens (including phenoxy) is 1. The molecule has 2 heteroatoms. The van der Waals surface area contributed by atoms with E-state index in [9.17, 15) is 0 Å². The Morgan fingerprint density at radius 3 is 2.73 bits per heavy atom. The molecule has 0 heterocycles. The van der Waals surface area contributed by atoms with Crippen molar-refractivity contribution in [3.05, 3.63) is 60.7 Å². The van der Waals surface area contributed by atoms with Crippen molar-refractivity contribution in [2.45, 2.75) is 12.7 Å². The van der Waals surface area contributed by atoms with E-state index in [0.717, 1.165) is 5.56 Å². The van der Waals surface area contributed by atoms with Crippen LogP contribution in [0.25, 0.3) is 0 Å². The van der Waals surface area contributed by atoms with Gasteiger partial charge in [0.25, 0.3) is 0 Å². The van der Waals surface area contributed by atoms with E-state index in [4.69, 9.17) is 9.84 Å². The third kappa shape index (κ3) is 5.15. The SMILES string of the molecule is C=C[C@H](O)C=CCOCc1ccccc1. The number of aliphatic hydroxyl groups is 1. The zero-order valence-corrected chi connectivity index (χ0v) is 8.67. The minimum atomic E-state index is -0.578. The predicted octanol–water partition coefficient (Wildman–Crippen LogP) is 2.31. The smallest absolute Gasteiger partial charge is 0.0900 e. The van der Waals surface area contributed by atoms with Crippen molar-refractivity contribution in [1.82, 2.24) is 0 Å². The molecular formula is C13H16O2. The van der Waals surface area contributed by atoms with Crippen LogP contribution in [0.4, 0.5) is 0 Å². The number of hydrogen-bond acceptors (Lipinski definition) is 2. The van der Waals surface area contributed by atoms with Gasteiger partial charge >= 0.3 is 0 Å². The number of rotatable bonds is 6. The molecule has 0 aliphatic carbocycles. The van der Waals surface area contributed by atoms with Gasteiger partial charge in [-0.15, -0.1) is 6.58 Å². The highest BCUT2D eigenvalue weighted by Crippen LogP contribution is 2.00. The Balaban J connectivity index is 2.17. The zero-order valence-electron chi connectivity index (χ0n) is 8.67. The van der Waals surface area contributed by atoms with Crippen molar-refractivity contribution < 1.29 is 9.84 Å². The summed E-state index contributed by atoms with van der Waals surface area (Å²) in [5.74, 6) is 0. The van der Waals surface area contributed by atoms with E-state index in [-0.39, 0.29) is 0 Å². The molecule has 0 saturated heterocycles. The molecule has 0 aromatic heterocycles. The van der Waals surface area contributed by atoms with Crippen molar-refractivity contribution in [3.63, 3.8) is 0 Å². The molecule has 1 rings (SSSR count). The average Bonchev–Trinajstić information content (AvgIpc) is 2.29. The molecule has 0 spiro atoms. The minimum Gasteiger partial charge on any atom is -0.385 e. The first-order chi connectivity index (χ1) is 7.33. The molecule has 2 nitrogen and oxygen atoms in total.